The van der Waals surface area contributed by atoms with Gasteiger partial charge in [-0.15, -0.1) is 0 Å². The Morgan fingerprint density at radius 1 is 1.23 bits per heavy atom. The number of aromatic nitrogens is 2. The molecule has 0 radical (unpaired) electrons. The molecule has 4 nitrogen and oxygen atoms in total. The first-order valence-electron chi connectivity index (χ1n) is 9.84. The lowest BCUT2D eigenvalue weighted by Gasteiger charge is -2.32. The molecule has 1 fully saturated rings. The molecule has 2 heterocycles. The van der Waals surface area contributed by atoms with Crippen molar-refractivity contribution >= 4 is 11.5 Å². The molecule has 1 aliphatic carbocycles. The monoisotopic (exact) mass is 349 g/mol. The Morgan fingerprint density at radius 2 is 2.12 bits per heavy atom. The summed E-state index contributed by atoms with van der Waals surface area (Å²) in [7, 11) is 0. The van der Waals surface area contributed by atoms with Crippen molar-refractivity contribution in [3.8, 4) is 0 Å². The largest absolute Gasteiger partial charge is 0.348 e. The quantitative estimate of drug-likeness (QED) is 0.894. The van der Waals surface area contributed by atoms with Crippen molar-refractivity contribution in [2.75, 3.05) is 13.1 Å². The fourth-order valence-corrected chi connectivity index (χ4v) is 4.21. The highest BCUT2D eigenvalue weighted by Crippen LogP contribution is 2.32. The van der Waals surface area contributed by atoms with Crippen LogP contribution in [0.1, 0.15) is 61.3 Å². The normalized spacial score (nSPS) is 18.6. The van der Waals surface area contributed by atoms with Crippen LogP contribution in [0.2, 0.25) is 0 Å². The maximum atomic E-state index is 12.4. The molecule has 0 atom stereocenters. The number of benzene rings is 1. The first-order valence-corrected chi connectivity index (χ1v) is 9.84. The van der Waals surface area contributed by atoms with Crippen molar-refractivity contribution in [2.45, 2.75) is 50.9 Å². The molecule has 1 amide bonds. The van der Waals surface area contributed by atoms with Crippen molar-refractivity contribution in [3.05, 3.63) is 59.7 Å². The number of H-pyrrole nitrogens is 1. The van der Waals surface area contributed by atoms with E-state index in [2.05, 4.69) is 40.3 Å². The molecule has 0 unspecified atom stereocenters. The minimum Gasteiger partial charge on any atom is -0.348 e. The summed E-state index contributed by atoms with van der Waals surface area (Å²) in [6, 6.07) is 9.11. The van der Waals surface area contributed by atoms with Gasteiger partial charge in [-0.05, 0) is 61.1 Å². The zero-order valence-corrected chi connectivity index (χ0v) is 15.3. The van der Waals surface area contributed by atoms with Gasteiger partial charge in [-0.3, -0.25) is 4.79 Å². The zero-order chi connectivity index (χ0) is 17.8. The lowest BCUT2D eigenvalue weighted by molar-refractivity contribution is -0.131. The Bertz CT molecular complexity index is 770. The van der Waals surface area contributed by atoms with Gasteiger partial charge in [-0.2, -0.15) is 0 Å². The summed E-state index contributed by atoms with van der Waals surface area (Å²) < 4.78 is 0. The number of aromatic amines is 1. The van der Waals surface area contributed by atoms with Crippen molar-refractivity contribution in [1.29, 1.82) is 0 Å². The van der Waals surface area contributed by atoms with Crippen LogP contribution in [0.5, 0.6) is 0 Å². The summed E-state index contributed by atoms with van der Waals surface area (Å²) in [6.07, 6.45) is 13.4. The number of carbonyl (C=O) groups is 1. The third-order valence-electron chi connectivity index (χ3n) is 5.76. The Balaban J connectivity index is 1.37. The molecule has 1 N–H and O–H groups in total. The predicted octanol–water partition coefficient (Wildman–Crippen LogP) is 4.32. The van der Waals surface area contributed by atoms with Crippen LogP contribution >= 0.6 is 0 Å². The summed E-state index contributed by atoms with van der Waals surface area (Å²) in [4.78, 5) is 21.4. The highest BCUT2D eigenvalue weighted by atomic mass is 16.2. The van der Waals surface area contributed by atoms with E-state index in [0.29, 0.717) is 12.3 Å². The van der Waals surface area contributed by atoms with E-state index < -0.39 is 0 Å². The smallest absolute Gasteiger partial charge is 0.228 e. The van der Waals surface area contributed by atoms with Crippen LogP contribution < -0.4 is 0 Å². The van der Waals surface area contributed by atoms with Gasteiger partial charge in [0.2, 0.25) is 5.91 Å². The molecule has 1 aromatic carbocycles. The standard InChI is InChI=1S/C22H27N3O/c26-22(14-21-15-23-16-24-21)25-11-9-18(10-12-25)20-8-4-7-19(13-20)17-5-2-1-3-6-17/h4-5,7-8,13,15-16,18H,1-3,6,9-12,14H2,(H,23,24). The van der Waals surface area contributed by atoms with Crippen LogP contribution in [0.25, 0.3) is 5.57 Å². The molecule has 2 aliphatic rings. The van der Waals surface area contributed by atoms with Crippen LogP contribution in [0.3, 0.4) is 0 Å². The second-order valence-electron chi connectivity index (χ2n) is 7.51. The number of nitrogens with zero attached hydrogens (tertiary/aromatic N) is 2. The van der Waals surface area contributed by atoms with E-state index in [1.54, 1.807) is 12.5 Å². The Morgan fingerprint density at radius 3 is 2.85 bits per heavy atom. The van der Waals surface area contributed by atoms with Gasteiger partial charge in [0.15, 0.2) is 0 Å². The third kappa shape index (κ3) is 3.90. The van der Waals surface area contributed by atoms with Gasteiger partial charge in [0.25, 0.3) is 0 Å². The van der Waals surface area contributed by atoms with Gasteiger partial charge in [0.1, 0.15) is 0 Å². The van der Waals surface area contributed by atoms with E-state index in [-0.39, 0.29) is 5.91 Å². The molecular formula is C22H27N3O. The summed E-state index contributed by atoms with van der Waals surface area (Å²) >= 11 is 0. The third-order valence-corrected chi connectivity index (χ3v) is 5.76. The lowest BCUT2D eigenvalue weighted by atomic mass is 9.86. The molecule has 1 aliphatic heterocycles. The average molecular weight is 349 g/mol. The molecule has 0 spiro atoms. The summed E-state index contributed by atoms with van der Waals surface area (Å²) in [5, 5.41) is 0. The Hall–Kier alpha value is -2.36. The number of carbonyl (C=O) groups excluding carboxylic acids is 1. The molecule has 26 heavy (non-hydrogen) atoms. The predicted molar refractivity (Wildman–Crippen MR) is 104 cm³/mol. The van der Waals surface area contributed by atoms with Crippen molar-refractivity contribution < 1.29 is 4.79 Å². The number of nitrogens with one attached hydrogen (secondary N) is 1. The van der Waals surface area contributed by atoms with Crippen LogP contribution in [0.15, 0.2) is 42.9 Å². The molecule has 0 saturated carbocycles. The molecular weight excluding hydrogens is 322 g/mol. The number of amides is 1. The SMILES string of the molecule is O=C(Cc1cnc[nH]1)N1CCC(c2cccc(C3=CCCCC3)c2)CC1. The summed E-state index contributed by atoms with van der Waals surface area (Å²) in [6.45, 7) is 1.70. The molecule has 4 heteroatoms. The number of hydrogen-bond donors (Lipinski definition) is 1. The maximum absolute atomic E-state index is 12.4. The van der Waals surface area contributed by atoms with Gasteiger partial charge >= 0.3 is 0 Å². The van der Waals surface area contributed by atoms with E-state index in [1.165, 1.54) is 42.4 Å². The fraction of sp³-hybridized carbons (Fsp3) is 0.455. The fourth-order valence-electron chi connectivity index (χ4n) is 4.21. The molecule has 0 bridgehead atoms. The van der Waals surface area contributed by atoms with E-state index in [1.807, 2.05) is 4.90 Å². The summed E-state index contributed by atoms with van der Waals surface area (Å²) in [5.41, 5.74) is 5.26. The number of imidazole rings is 1. The first kappa shape index (κ1) is 17.1. The molecule has 136 valence electrons. The number of piperidine rings is 1. The van der Waals surface area contributed by atoms with Crippen LogP contribution in [0.4, 0.5) is 0 Å². The number of hydrogen-bond acceptors (Lipinski definition) is 2. The zero-order valence-electron chi connectivity index (χ0n) is 15.3. The Labute approximate surface area is 155 Å². The highest BCUT2D eigenvalue weighted by Gasteiger charge is 2.24. The number of rotatable bonds is 4. The van der Waals surface area contributed by atoms with Crippen LogP contribution in [-0.2, 0) is 11.2 Å². The minimum absolute atomic E-state index is 0.203. The van der Waals surface area contributed by atoms with Crippen LogP contribution in [0, 0.1) is 0 Å². The van der Waals surface area contributed by atoms with Crippen molar-refractivity contribution in [3.63, 3.8) is 0 Å². The first-order chi connectivity index (χ1) is 12.8. The van der Waals surface area contributed by atoms with Crippen molar-refractivity contribution in [2.24, 2.45) is 0 Å². The van der Waals surface area contributed by atoms with Gasteiger partial charge in [-0.25, -0.2) is 4.98 Å². The van der Waals surface area contributed by atoms with Gasteiger partial charge in [0, 0.05) is 25.0 Å². The van der Waals surface area contributed by atoms with Gasteiger partial charge in [0.05, 0.1) is 12.7 Å². The minimum atomic E-state index is 0.203. The van der Waals surface area contributed by atoms with Gasteiger partial charge in [-0.1, -0.05) is 30.3 Å². The number of allylic oxidation sites excluding steroid dienone is 2. The van der Waals surface area contributed by atoms with E-state index >= 15 is 0 Å². The summed E-state index contributed by atoms with van der Waals surface area (Å²) in [5.74, 6) is 0.768. The maximum Gasteiger partial charge on any atom is 0.228 e. The lowest BCUT2D eigenvalue weighted by Crippen LogP contribution is -2.38. The highest BCUT2D eigenvalue weighted by molar-refractivity contribution is 5.78. The van der Waals surface area contributed by atoms with E-state index in [4.69, 9.17) is 0 Å². The van der Waals surface area contributed by atoms with Crippen molar-refractivity contribution in [1.82, 2.24) is 14.9 Å². The van der Waals surface area contributed by atoms with E-state index in [9.17, 15) is 4.79 Å². The second-order valence-corrected chi connectivity index (χ2v) is 7.51. The topological polar surface area (TPSA) is 49.0 Å². The van der Waals surface area contributed by atoms with Crippen LogP contribution in [-0.4, -0.2) is 33.9 Å². The molecule has 4 rings (SSSR count). The molecule has 2 aromatic rings. The van der Waals surface area contributed by atoms with Gasteiger partial charge < -0.3 is 9.88 Å². The second kappa shape index (κ2) is 7.90. The number of likely N-dealkylation sites (tertiary alicyclic amines) is 1. The average Bonchev–Trinajstić information content (AvgIpc) is 3.22. The molecule has 1 saturated heterocycles. The van der Waals surface area contributed by atoms with E-state index in [0.717, 1.165) is 31.6 Å². The Kier molecular flexibility index (Phi) is 5.19. The molecule has 1 aromatic heterocycles.